The molecule has 0 saturated carbocycles. The van der Waals surface area contributed by atoms with Crippen LogP contribution in [0.15, 0.2) is 72.8 Å². The van der Waals surface area contributed by atoms with Crippen molar-refractivity contribution in [2.75, 3.05) is 10.6 Å². The highest BCUT2D eigenvalue weighted by atomic mass is 19.1. The SMILES string of the molecule is CC(=O)Nc1ccc(C(=O)Nc2cccc(OCc3cccc(F)c3)c2)cc1. The number of hydrogen-bond acceptors (Lipinski definition) is 3. The van der Waals surface area contributed by atoms with Crippen LogP contribution in [0.2, 0.25) is 0 Å². The van der Waals surface area contributed by atoms with E-state index in [2.05, 4.69) is 10.6 Å². The zero-order valence-corrected chi connectivity index (χ0v) is 15.2. The molecular weight excluding hydrogens is 359 g/mol. The first-order chi connectivity index (χ1) is 13.5. The van der Waals surface area contributed by atoms with Crippen LogP contribution < -0.4 is 15.4 Å². The summed E-state index contributed by atoms with van der Waals surface area (Å²) in [6, 6.07) is 19.7. The summed E-state index contributed by atoms with van der Waals surface area (Å²) in [5, 5.41) is 5.45. The zero-order valence-electron chi connectivity index (χ0n) is 15.2. The second-order valence-corrected chi connectivity index (χ2v) is 6.16. The fraction of sp³-hybridized carbons (Fsp3) is 0.0909. The molecule has 0 aliphatic carbocycles. The maximum absolute atomic E-state index is 13.2. The minimum Gasteiger partial charge on any atom is -0.489 e. The Bertz CT molecular complexity index is 987. The van der Waals surface area contributed by atoms with Gasteiger partial charge >= 0.3 is 0 Å². The smallest absolute Gasteiger partial charge is 0.255 e. The lowest BCUT2D eigenvalue weighted by molar-refractivity contribution is -0.114. The van der Waals surface area contributed by atoms with Gasteiger partial charge < -0.3 is 15.4 Å². The van der Waals surface area contributed by atoms with Crippen molar-refractivity contribution in [3.8, 4) is 5.75 Å². The van der Waals surface area contributed by atoms with Crippen molar-refractivity contribution in [1.82, 2.24) is 0 Å². The number of benzene rings is 3. The van der Waals surface area contributed by atoms with Gasteiger partial charge in [-0.3, -0.25) is 9.59 Å². The quantitative estimate of drug-likeness (QED) is 0.658. The molecule has 0 fully saturated rings. The lowest BCUT2D eigenvalue weighted by atomic mass is 10.2. The lowest BCUT2D eigenvalue weighted by Gasteiger charge is -2.10. The molecule has 2 N–H and O–H groups in total. The van der Waals surface area contributed by atoms with E-state index in [4.69, 9.17) is 4.74 Å². The van der Waals surface area contributed by atoms with E-state index in [1.807, 2.05) is 0 Å². The molecule has 6 heteroatoms. The molecule has 2 amide bonds. The van der Waals surface area contributed by atoms with Crippen LogP contribution in [0.25, 0.3) is 0 Å². The van der Waals surface area contributed by atoms with E-state index in [-0.39, 0.29) is 24.2 Å². The summed E-state index contributed by atoms with van der Waals surface area (Å²) in [6.07, 6.45) is 0. The van der Waals surface area contributed by atoms with Crippen LogP contribution in [0, 0.1) is 5.82 Å². The van der Waals surface area contributed by atoms with Crippen LogP contribution in [0.5, 0.6) is 5.75 Å². The highest BCUT2D eigenvalue weighted by Crippen LogP contribution is 2.20. The van der Waals surface area contributed by atoms with Crippen molar-refractivity contribution >= 4 is 23.2 Å². The number of halogens is 1. The Morgan fingerprint density at radius 3 is 2.36 bits per heavy atom. The van der Waals surface area contributed by atoms with Crippen molar-refractivity contribution in [3.05, 3.63) is 89.7 Å². The Balaban J connectivity index is 1.62. The number of carbonyl (C=O) groups is 2. The summed E-state index contributed by atoms with van der Waals surface area (Å²) in [5.41, 5.74) is 2.37. The Morgan fingerprint density at radius 1 is 0.893 bits per heavy atom. The second-order valence-electron chi connectivity index (χ2n) is 6.16. The van der Waals surface area contributed by atoms with Gasteiger partial charge in [0.05, 0.1) is 0 Å². The van der Waals surface area contributed by atoms with Gasteiger partial charge in [-0.2, -0.15) is 0 Å². The van der Waals surface area contributed by atoms with Crippen LogP contribution in [-0.4, -0.2) is 11.8 Å². The molecule has 0 unspecified atom stereocenters. The van der Waals surface area contributed by atoms with E-state index in [0.29, 0.717) is 28.3 Å². The predicted octanol–water partition coefficient (Wildman–Crippen LogP) is 4.62. The van der Waals surface area contributed by atoms with Crippen LogP contribution >= 0.6 is 0 Å². The summed E-state index contributed by atoms with van der Waals surface area (Å²) in [7, 11) is 0. The van der Waals surface area contributed by atoms with Crippen molar-refractivity contribution in [2.45, 2.75) is 13.5 Å². The first-order valence-corrected chi connectivity index (χ1v) is 8.66. The van der Waals surface area contributed by atoms with Gasteiger partial charge in [0, 0.05) is 29.9 Å². The highest BCUT2D eigenvalue weighted by Gasteiger charge is 2.07. The molecule has 3 aromatic carbocycles. The highest BCUT2D eigenvalue weighted by molar-refractivity contribution is 6.04. The van der Waals surface area contributed by atoms with Gasteiger partial charge in [-0.1, -0.05) is 18.2 Å². The Kier molecular flexibility index (Phi) is 6.01. The zero-order chi connectivity index (χ0) is 19.9. The number of rotatable bonds is 6. The van der Waals surface area contributed by atoms with Crippen molar-refractivity contribution in [3.63, 3.8) is 0 Å². The largest absolute Gasteiger partial charge is 0.489 e. The minimum absolute atomic E-state index is 0.174. The van der Waals surface area contributed by atoms with E-state index in [9.17, 15) is 14.0 Å². The fourth-order valence-electron chi connectivity index (χ4n) is 2.57. The number of amides is 2. The molecule has 3 aromatic rings. The van der Waals surface area contributed by atoms with Crippen molar-refractivity contribution in [1.29, 1.82) is 0 Å². The summed E-state index contributed by atoms with van der Waals surface area (Å²) in [6.45, 7) is 1.64. The fourth-order valence-corrected chi connectivity index (χ4v) is 2.57. The second kappa shape index (κ2) is 8.81. The number of nitrogens with one attached hydrogen (secondary N) is 2. The molecule has 0 aliphatic heterocycles. The number of anilines is 2. The molecule has 28 heavy (non-hydrogen) atoms. The van der Waals surface area contributed by atoms with Crippen LogP contribution in [-0.2, 0) is 11.4 Å². The van der Waals surface area contributed by atoms with Gasteiger partial charge in [0.1, 0.15) is 18.2 Å². The maximum atomic E-state index is 13.2. The molecule has 3 rings (SSSR count). The van der Waals surface area contributed by atoms with Gasteiger partial charge in [0.15, 0.2) is 0 Å². The normalized spacial score (nSPS) is 10.2. The molecule has 0 aliphatic rings. The van der Waals surface area contributed by atoms with E-state index in [1.165, 1.54) is 19.1 Å². The standard InChI is InChI=1S/C22H19FN2O3/c1-15(26)24-19-10-8-17(9-11-19)22(27)25-20-6-3-7-21(13-20)28-14-16-4-2-5-18(23)12-16/h2-13H,14H2,1H3,(H,24,26)(H,25,27). The van der Waals surface area contributed by atoms with Gasteiger partial charge in [0.25, 0.3) is 5.91 Å². The third-order valence-corrected chi connectivity index (χ3v) is 3.85. The molecule has 5 nitrogen and oxygen atoms in total. The van der Waals surface area contributed by atoms with E-state index in [1.54, 1.807) is 60.7 Å². The van der Waals surface area contributed by atoms with Gasteiger partial charge in [0.2, 0.25) is 5.91 Å². The predicted molar refractivity (Wildman–Crippen MR) is 106 cm³/mol. The molecular formula is C22H19FN2O3. The summed E-state index contributed by atoms with van der Waals surface area (Å²) >= 11 is 0. The van der Waals surface area contributed by atoms with Gasteiger partial charge in [-0.05, 0) is 54.1 Å². The number of ether oxygens (including phenoxy) is 1. The Labute approximate surface area is 162 Å². The van der Waals surface area contributed by atoms with Gasteiger partial charge in [-0.15, -0.1) is 0 Å². The molecule has 0 radical (unpaired) electrons. The molecule has 0 atom stereocenters. The number of carbonyl (C=O) groups excluding carboxylic acids is 2. The minimum atomic E-state index is -0.313. The first-order valence-electron chi connectivity index (χ1n) is 8.66. The molecule has 0 saturated heterocycles. The Hall–Kier alpha value is -3.67. The topological polar surface area (TPSA) is 67.4 Å². The molecule has 0 bridgehead atoms. The molecule has 142 valence electrons. The van der Waals surface area contributed by atoms with Gasteiger partial charge in [-0.25, -0.2) is 4.39 Å². The van der Waals surface area contributed by atoms with Crippen LogP contribution in [0.1, 0.15) is 22.8 Å². The van der Waals surface area contributed by atoms with Crippen LogP contribution in [0.3, 0.4) is 0 Å². The number of hydrogen-bond donors (Lipinski definition) is 2. The monoisotopic (exact) mass is 378 g/mol. The van der Waals surface area contributed by atoms with E-state index in [0.717, 1.165) is 0 Å². The van der Waals surface area contributed by atoms with E-state index < -0.39 is 0 Å². The third kappa shape index (κ3) is 5.41. The molecule has 0 aromatic heterocycles. The summed E-state index contributed by atoms with van der Waals surface area (Å²) in [4.78, 5) is 23.4. The lowest BCUT2D eigenvalue weighted by Crippen LogP contribution is -2.12. The van der Waals surface area contributed by atoms with Crippen molar-refractivity contribution < 1.29 is 18.7 Å². The molecule has 0 spiro atoms. The van der Waals surface area contributed by atoms with E-state index >= 15 is 0 Å². The average Bonchev–Trinajstić information content (AvgIpc) is 2.67. The maximum Gasteiger partial charge on any atom is 0.255 e. The Morgan fingerprint density at radius 2 is 1.64 bits per heavy atom. The summed E-state index contributed by atoms with van der Waals surface area (Å²) < 4.78 is 18.9. The third-order valence-electron chi connectivity index (χ3n) is 3.85. The average molecular weight is 378 g/mol. The molecule has 0 heterocycles. The van der Waals surface area contributed by atoms with Crippen molar-refractivity contribution in [2.24, 2.45) is 0 Å². The van der Waals surface area contributed by atoms with Crippen LogP contribution in [0.4, 0.5) is 15.8 Å². The first kappa shape index (κ1) is 19.1. The summed E-state index contributed by atoms with van der Waals surface area (Å²) in [5.74, 6) is -0.210.